The number of anilines is 1. The van der Waals surface area contributed by atoms with Crippen molar-refractivity contribution < 1.29 is 22.8 Å². The molecule has 10 heteroatoms. The van der Waals surface area contributed by atoms with Crippen molar-refractivity contribution in [2.75, 3.05) is 5.32 Å². The van der Waals surface area contributed by atoms with Gasteiger partial charge in [-0.2, -0.15) is 5.10 Å². The topological polar surface area (TPSA) is 82.2 Å². The Bertz CT molecular complexity index is 767. The lowest BCUT2D eigenvalue weighted by Crippen LogP contribution is -2.16. The normalized spacial score (nSPS) is 11.7. The number of aryl methyl sites for hydroxylation is 2. The molecular formula is C14H13F3N4O3. The summed E-state index contributed by atoms with van der Waals surface area (Å²) in [7, 11) is 1.57. The van der Waals surface area contributed by atoms with E-state index in [0.29, 0.717) is 11.4 Å². The van der Waals surface area contributed by atoms with Gasteiger partial charge in [0, 0.05) is 18.9 Å². The Labute approximate surface area is 134 Å². The third kappa shape index (κ3) is 4.24. The summed E-state index contributed by atoms with van der Waals surface area (Å²) in [5, 5.41) is 17.8. The molecular weight excluding hydrogens is 329 g/mol. The molecule has 7 nitrogen and oxygen atoms in total. The highest BCUT2D eigenvalue weighted by Crippen LogP contribution is 2.25. The van der Waals surface area contributed by atoms with Crippen LogP contribution in [0.5, 0.6) is 5.75 Å². The lowest BCUT2D eigenvalue weighted by Gasteiger charge is -2.09. The summed E-state index contributed by atoms with van der Waals surface area (Å²) in [6.45, 7) is 1.53. The third-order valence-electron chi connectivity index (χ3n) is 3.00. The molecule has 0 unspecified atom stereocenters. The number of aromatic nitrogens is 2. The molecule has 0 aliphatic carbocycles. The monoisotopic (exact) mass is 342 g/mol. The largest absolute Gasteiger partial charge is 0.573 e. The maximum absolute atomic E-state index is 12.1. The van der Waals surface area contributed by atoms with Crippen LogP contribution in [0.1, 0.15) is 11.4 Å². The molecule has 0 saturated heterocycles. The summed E-state index contributed by atoms with van der Waals surface area (Å²) in [6.07, 6.45) is -1.85. The SMILES string of the molecule is Cc1nn(C)c(C=CNc2ccc(OC(F)(F)F)cc2)c1[N+](=O)[O-]. The van der Waals surface area contributed by atoms with Crippen LogP contribution in [0.2, 0.25) is 0 Å². The number of hydrogen-bond acceptors (Lipinski definition) is 5. The Morgan fingerprint density at radius 2 is 1.96 bits per heavy atom. The minimum absolute atomic E-state index is 0.107. The molecule has 0 bridgehead atoms. The number of nitrogens with one attached hydrogen (secondary N) is 1. The van der Waals surface area contributed by atoms with Gasteiger partial charge in [0.05, 0.1) is 4.92 Å². The van der Waals surface area contributed by atoms with Crippen LogP contribution in [-0.4, -0.2) is 21.1 Å². The molecule has 0 atom stereocenters. The fourth-order valence-electron chi connectivity index (χ4n) is 2.05. The van der Waals surface area contributed by atoms with Crippen molar-refractivity contribution in [1.29, 1.82) is 0 Å². The van der Waals surface area contributed by atoms with Gasteiger partial charge in [-0.1, -0.05) is 0 Å². The van der Waals surface area contributed by atoms with E-state index in [9.17, 15) is 23.3 Å². The zero-order valence-electron chi connectivity index (χ0n) is 12.7. The summed E-state index contributed by atoms with van der Waals surface area (Å²) in [5.74, 6) is -0.338. The Kier molecular flexibility index (Phi) is 4.77. The van der Waals surface area contributed by atoms with Crippen LogP contribution >= 0.6 is 0 Å². The quantitative estimate of drug-likeness (QED) is 0.663. The van der Waals surface area contributed by atoms with E-state index in [1.165, 1.54) is 36.0 Å². The van der Waals surface area contributed by atoms with Crippen molar-refractivity contribution in [1.82, 2.24) is 9.78 Å². The summed E-state index contributed by atoms with van der Waals surface area (Å²) in [4.78, 5) is 10.5. The van der Waals surface area contributed by atoms with Crippen LogP contribution in [0.25, 0.3) is 6.08 Å². The number of ether oxygens (including phenoxy) is 1. The Morgan fingerprint density at radius 1 is 1.33 bits per heavy atom. The molecule has 2 rings (SSSR count). The first-order valence-electron chi connectivity index (χ1n) is 6.64. The minimum atomic E-state index is -4.74. The second-order valence-corrected chi connectivity index (χ2v) is 4.75. The highest BCUT2D eigenvalue weighted by molar-refractivity contribution is 5.62. The Hall–Kier alpha value is -3.04. The average Bonchev–Trinajstić information content (AvgIpc) is 2.73. The van der Waals surface area contributed by atoms with E-state index < -0.39 is 11.3 Å². The molecule has 1 aromatic heterocycles. The Balaban J connectivity index is 2.09. The molecule has 1 heterocycles. The number of halogens is 3. The zero-order valence-corrected chi connectivity index (χ0v) is 12.7. The highest BCUT2D eigenvalue weighted by atomic mass is 19.4. The van der Waals surface area contributed by atoms with Gasteiger partial charge in [0.2, 0.25) is 0 Å². The van der Waals surface area contributed by atoms with Crippen LogP contribution in [0.3, 0.4) is 0 Å². The Morgan fingerprint density at radius 3 is 2.50 bits per heavy atom. The van der Waals surface area contributed by atoms with Crippen LogP contribution in [0.15, 0.2) is 30.5 Å². The molecule has 1 aromatic carbocycles. The van der Waals surface area contributed by atoms with E-state index in [0.717, 1.165) is 12.1 Å². The smallest absolute Gasteiger partial charge is 0.406 e. The predicted molar refractivity (Wildman–Crippen MR) is 80.4 cm³/mol. The van der Waals surface area contributed by atoms with Gasteiger partial charge >= 0.3 is 12.0 Å². The van der Waals surface area contributed by atoms with E-state index in [-0.39, 0.29) is 17.1 Å². The van der Waals surface area contributed by atoms with Gasteiger partial charge < -0.3 is 10.1 Å². The van der Waals surface area contributed by atoms with E-state index in [4.69, 9.17) is 0 Å². The summed E-state index contributed by atoms with van der Waals surface area (Å²) in [6, 6.07) is 5.07. The molecule has 0 amide bonds. The maximum atomic E-state index is 12.1. The van der Waals surface area contributed by atoms with Gasteiger partial charge in [0.25, 0.3) is 0 Å². The van der Waals surface area contributed by atoms with Crippen molar-refractivity contribution in [2.24, 2.45) is 7.05 Å². The molecule has 0 spiro atoms. The van der Waals surface area contributed by atoms with E-state index in [1.54, 1.807) is 7.05 Å². The van der Waals surface area contributed by atoms with E-state index in [2.05, 4.69) is 15.2 Å². The molecule has 0 fully saturated rings. The number of hydrogen-bond donors (Lipinski definition) is 1. The van der Waals surface area contributed by atoms with Gasteiger partial charge in [0.1, 0.15) is 17.1 Å². The molecule has 0 saturated carbocycles. The first-order chi connectivity index (χ1) is 11.2. The first kappa shape index (κ1) is 17.3. The van der Waals surface area contributed by atoms with Gasteiger partial charge in [-0.3, -0.25) is 14.8 Å². The predicted octanol–water partition coefficient (Wildman–Crippen LogP) is 3.62. The number of alkyl halides is 3. The van der Waals surface area contributed by atoms with Gasteiger partial charge in [0.15, 0.2) is 0 Å². The lowest BCUT2D eigenvalue weighted by molar-refractivity contribution is -0.385. The van der Waals surface area contributed by atoms with Crippen molar-refractivity contribution in [3.8, 4) is 5.75 Å². The van der Waals surface area contributed by atoms with Crippen LogP contribution < -0.4 is 10.1 Å². The number of rotatable bonds is 5. The summed E-state index contributed by atoms with van der Waals surface area (Å²) >= 11 is 0. The van der Waals surface area contributed by atoms with Gasteiger partial charge in [-0.05, 0) is 37.3 Å². The van der Waals surface area contributed by atoms with Crippen molar-refractivity contribution >= 4 is 17.5 Å². The second kappa shape index (κ2) is 6.60. The minimum Gasteiger partial charge on any atom is -0.406 e. The number of nitrogens with zero attached hydrogens (tertiary/aromatic N) is 3. The standard InChI is InChI=1S/C14H13F3N4O3/c1-9-13(21(22)23)12(20(2)19-9)7-8-18-10-3-5-11(6-4-10)24-14(15,16)17/h3-8,18H,1-2H3. The molecule has 0 radical (unpaired) electrons. The third-order valence-corrected chi connectivity index (χ3v) is 3.00. The molecule has 0 aliphatic rings. The van der Waals surface area contributed by atoms with Crippen molar-refractivity contribution in [2.45, 2.75) is 13.3 Å². The van der Waals surface area contributed by atoms with Crippen molar-refractivity contribution in [3.63, 3.8) is 0 Å². The zero-order chi connectivity index (χ0) is 17.9. The second-order valence-electron chi connectivity index (χ2n) is 4.75. The summed E-state index contributed by atoms with van der Waals surface area (Å²) < 4.78 is 41.3. The van der Waals surface area contributed by atoms with Gasteiger partial charge in [-0.25, -0.2) is 0 Å². The number of nitro groups is 1. The molecule has 0 aliphatic heterocycles. The van der Waals surface area contributed by atoms with Crippen molar-refractivity contribution in [3.05, 3.63) is 52.0 Å². The average molecular weight is 342 g/mol. The van der Waals surface area contributed by atoms with E-state index >= 15 is 0 Å². The number of benzene rings is 1. The lowest BCUT2D eigenvalue weighted by atomic mass is 10.3. The van der Waals surface area contributed by atoms with Crippen LogP contribution in [0.4, 0.5) is 24.5 Å². The fraction of sp³-hybridized carbons (Fsp3) is 0.214. The van der Waals surface area contributed by atoms with Crippen LogP contribution in [0, 0.1) is 17.0 Å². The first-order valence-corrected chi connectivity index (χ1v) is 6.64. The van der Waals surface area contributed by atoms with Gasteiger partial charge in [-0.15, -0.1) is 13.2 Å². The molecule has 128 valence electrons. The van der Waals surface area contributed by atoms with E-state index in [1.807, 2.05) is 0 Å². The molecule has 24 heavy (non-hydrogen) atoms. The van der Waals surface area contributed by atoms with Crippen LogP contribution in [-0.2, 0) is 7.05 Å². The highest BCUT2D eigenvalue weighted by Gasteiger charge is 2.30. The maximum Gasteiger partial charge on any atom is 0.573 e. The fourth-order valence-corrected chi connectivity index (χ4v) is 2.05. The molecule has 2 aromatic rings. The molecule has 1 N–H and O–H groups in total. The summed E-state index contributed by atoms with van der Waals surface area (Å²) in [5.41, 5.74) is 0.963.